The van der Waals surface area contributed by atoms with Crippen LogP contribution in [0.15, 0.2) is 27.1 Å². The molecule has 0 N–H and O–H groups in total. The lowest BCUT2D eigenvalue weighted by Crippen LogP contribution is -2.06. The summed E-state index contributed by atoms with van der Waals surface area (Å²) in [4.78, 5) is 23.6. The van der Waals surface area contributed by atoms with Crippen LogP contribution in [0.3, 0.4) is 0 Å². The number of halogens is 1. The molecule has 0 atom stereocenters. The predicted octanol–water partition coefficient (Wildman–Crippen LogP) is 3.42. The van der Waals surface area contributed by atoms with E-state index < -0.39 is 0 Å². The van der Waals surface area contributed by atoms with Crippen LogP contribution in [0.25, 0.3) is 0 Å². The minimum Gasteiger partial charge on any atom is -0.369 e. The lowest BCUT2D eigenvalue weighted by atomic mass is 10.3. The topological polar surface area (TPSA) is 45.6 Å². The second kappa shape index (κ2) is 5.73. The molecule has 0 saturated carbocycles. The van der Waals surface area contributed by atoms with Gasteiger partial charge in [0.05, 0.1) is 22.3 Å². The fraction of sp³-hybridized carbons (Fsp3) is 0.182. The molecule has 18 heavy (non-hydrogen) atoms. The standard InChI is InChI=1S/C11H10BrN3OS2/c1-15(2)6-14-11-13-5-8(18-11)9(16)10-7(12)3-4-17-10/h3-6H,1-2H3. The van der Waals surface area contributed by atoms with Crippen LogP contribution in [-0.2, 0) is 0 Å². The number of hydrogen-bond donors (Lipinski definition) is 0. The van der Waals surface area contributed by atoms with Crippen LogP contribution in [0.4, 0.5) is 5.13 Å². The second-order valence-corrected chi connectivity index (χ2v) is 6.42. The quantitative estimate of drug-likeness (QED) is 0.485. The van der Waals surface area contributed by atoms with Gasteiger partial charge in [0.2, 0.25) is 10.9 Å². The van der Waals surface area contributed by atoms with Gasteiger partial charge in [0, 0.05) is 18.6 Å². The molecule has 0 aliphatic carbocycles. The maximum Gasteiger partial charge on any atom is 0.215 e. The summed E-state index contributed by atoms with van der Waals surface area (Å²) in [6.07, 6.45) is 3.23. The molecule has 0 saturated heterocycles. The van der Waals surface area contributed by atoms with E-state index in [4.69, 9.17) is 0 Å². The fourth-order valence-electron chi connectivity index (χ4n) is 1.16. The molecule has 0 fully saturated rings. The fourth-order valence-corrected chi connectivity index (χ4v) is 3.43. The van der Waals surface area contributed by atoms with E-state index in [0.29, 0.717) is 14.9 Å². The highest BCUT2D eigenvalue weighted by Crippen LogP contribution is 2.29. The number of thiazole rings is 1. The molecule has 0 unspecified atom stereocenters. The molecule has 0 amide bonds. The van der Waals surface area contributed by atoms with E-state index in [0.717, 1.165) is 4.47 Å². The number of aromatic nitrogens is 1. The molecule has 0 aliphatic rings. The van der Waals surface area contributed by atoms with Gasteiger partial charge in [-0.2, -0.15) is 0 Å². The number of carbonyl (C=O) groups excluding carboxylic acids is 1. The predicted molar refractivity (Wildman–Crippen MR) is 79.4 cm³/mol. The molecule has 2 aromatic rings. The number of rotatable bonds is 4. The molecular formula is C11H10BrN3OS2. The SMILES string of the molecule is CN(C)C=Nc1ncc(C(=O)c2sccc2Br)s1. The highest BCUT2D eigenvalue weighted by Gasteiger charge is 2.16. The summed E-state index contributed by atoms with van der Waals surface area (Å²) in [7, 11) is 3.76. The average molecular weight is 344 g/mol. The number of ketones is 1. The van der Waals surface area contributed by atoms with E-state index in [1.807, 2.05) is 30.4 Å². The molecular weight excluding hydrogens is 334 g/mol. The van der Waals surface area contributed by atoms with Crippen molar-refractivity contribution in [3.05, 3.63) is 31.9 Å². The summed E-state index contributed by atoms with van der Waals surface area (Å²) >= 11 is 6.06. The van der Waals surface area contributed by atoms with Crippen molar-refractivity contribution in [3.8, 4) is 0 Å². The Bertz CT molecular complexity index is 589. The van der Waals surface area contributed by atoms with E-state index in [1.54, 1.807) is 12.5 Å². The molecule has 94 valence electrons. The van der Waals surface area contributed by atoms with Crippen LogP contribution >= 0.6 is 38.6 Å². The smallest absolute Gasteiger partial charge is 0.215 e. The number of thiophene rings is 1. The van der Waals surface area contributed by atoms with Crippen LogP contribution in [0.5, 0.6) is 0 Å². The highest BCUT2D eigenvalue weighted by atomic mass is 79.9. The highest BCUT2D eigenvalue weighted by molar-refractivity contribution is 9.10. The lowest BCUT2D eigenvalue weighted by Gasteiger charge is -1.99. The summed E-state index contributed by atoms with van der Waals surface area (Å²) in [5.74, 6) is -0.0133. The van der Waals surface area contributed by atoms with Crippen LogP contribution in [0.1, 0.15) is 14.5 Å². The Balaban J connectivity index is 2.20. The minimum atomic E-state index is -0.0133. The normalized spacial score (nSPS) is 11.1. The Morgan fingerprint density at radius 1 is 1.56 bits per heavy atom. The zero-order chi connectivity index (χ0) is 13.1. The van der Waals surface area contributed by atoms with Crippen molar-refractivity contribution in [2.45, 2.75) is 0 Å². The largest absolute Gasteiger partial charge is 0.369 e. The van der Waals surface area contributed by atoms with E-state index in [1.165, 1.54) is 22.7 Å². The summed E-state index contributed by atoms with van der Waals surface area (Å²) in [5, 5.41) is 2.46. The van der Waals surface area contributed by atoms with E-state index in [-0.39, 0.29) is 5.78 Å². The van der Waals surface area contributed by atoms with Crippen molar-refractivity contribution in [2.75, 3.05) is 14.1 Å². The van der Waals surface area contributed by atoms with Crippen LogP contribution < -0.4 is 0 Å². The van der Waals surface area contributed by atoms with Crippen LogP contribution in [0, 0.1) is 0 Å². The van der Waals surface area contributed by atoms with Gasteiger partial charge in [-0.15, -0.1) is 11.3 Å². The van der Waals surface area contributed by atoms with Crippen molar-refractivity contribution in [1.82, 2.24) is 9.88 Å². The maximum atomic E-state index is 12.2. The molecule has 0 aliphatic heterocycles. The molecule has 0 bridgehead atoms. The summed E-state index contributed by atoms with van der Waals surface area (Å²) < 4.78 is 0.823. The van der Waals surface area contributed by atoms with Gasteiger partial charge in [0.15, 0.2) is 0 Å². The first-order valence-corrected chi connectivity index (χ1v) is 7.51. The molecule has 7 heteroatoms. The Labute approximate surface area is 121 Å². The Hall–Kier alpha value is -1.05. The Kier molecular flexibility index (Phi) is 4.26. The van der Waals surface area contributed by atoms with Crippen LogP contribution in [0.2, 0.25) is 0 Å². The molecule has 0 spiro atoms. The van der Waals surface area contributed by atoms with Gasteiger partial charge >= 0.3 is 0 Å². The number of aliphatic imine (C=N–C) groups is 1. The Morgan fingerprint density at radius 3 is 2.94 bits per heavy atom. The molecule has 2 heterocycles. The van der Waals surface area contributed by atoms with Gasteiger partial charge in [-0.05, 0) is 27.4 Å². The third-order valence-corrected chi connectivity index (χ3v) is 4.68. The zero-order valence-electron chi connectivity index (χ0n) is 9.75. The number of hydrogen-bond acceptors (Lipinski definition) is 5. The van der Waals surface area contributed by atoms with Gasteiger partial charge in [-0.25, -0.2) is 9.98 Å². The van der Waals surface area contributed by atoms with Crippen LogP contribution in [-0.4, -0.2) is 36.1 Å². The zero-order valence-corrected chi connectivity index (χ0v) is 13.0. The molecule has 0 aromatic carbocycles. The first kappa shape index (κ1) is 13.4. The van der Waals surface area contributed by atoms with Crippen molar-refractivity contribution in [2.24, 2.45) is 4.99 Å². The van der Waals surface area contributed by atoms with E-state index >= 15 is 0 Å². The monoisotopic (exact) mass is 343 g/mol. The number of carbonyl (C=O) groups is 1. The van der Waals surface area contributed by atoms with Crippen molar-refractivity contribution >= 4 is 55.9 Å². The minimum absolute atomic E-state index is 0.0133. The van der Waals surface area contributed by atoms with Crippen molar-refractivity contribution < 1.29 is 4.79 Å². The molecule has 0 radical (unpaired) electrons. The first-order valence-electron chi connectivity index (χ1n) is 5.02. The Morgan fingerprint density at radius 2 is 2.33 bits per heavy atom. The lowest BCUT2D eigenvalue weighted by molar-refractivity contribution is 0.104. The van der Waals surface area contributed by atoms with E-state index in [9.17, 15) is 4.79 Å². The maximum absolute atomic E-state index is 12.2. The van der Waals surface area contributed by atoms with Gasteiger partial charge < -0.3 is 4.90 Å². The summed E-state index contributed by atoms with van der Waals surface area (Å²) in [5.41, 5.74) is 0. The van der Waals surface area contributed by atoms with Gasteiger partial charge in [-0.3, -0.25) is 4.79 Å². The van der Waals surface area contributed by atoms with Crippen molar-refractivity contribution in [3.63, 3.8) is 0 Å². The summed E-state index contributed by atoms with van der Waals surface area (Å²) in [6, 6.07) is 1.87. The first-order chi connectivity index (χ1) is 8.58. The van der Waals surface area contributed by atoms with Gasteiger partial charge in [0.1, 0.15) is 0 Å². The van der Waals surface area contributed by atoms with E-state index in [2.05, 4.69) is 25.9 Å². The summed E-state index contributed by atoms with van der Waals surface area (Å²) in [6.45, 7) is 0. The van der Waals surface area contributed by atoms with Gasteiger partial charge in [-0.1, -0.05) is 11.3 Å². The third-order valence-electron chi connectivity index (χ3n) is 1.94. The second-order valence-electron chi connectivity index (χ2n) is 3.64. The third kappa shape index (κ3) is 3.04. The molecule has 2 rings (SSSR count). The molecule has 4 nitrogen and oxygen atoms in total. The average Bonchev–Trinajstić information content (AvgIpc) is 2.94. The van der Waals surface area contributed by atoms with Gasteiger partial charge in [0.25, 0.3) is 0 Å². The molecule has 2 aromatic heterocycles. The van der Waals surface area contributed by atoms with Crippen molar-refractivity contribution in [1.29, 1.82) is 0 Å². The number of nitrogens with zero attached hydrogens (tertiary/aromatic N) is 3.